The van der Waals surface area contributed by atoms with Crippen LogP contribution in [0.2, 0.25) is 0 Å². The van der Waals surface area contributed by atoms with E-state index in [4.69, 9.17) is 5.14 Å². The molecule has 0 atom stereocenters. The molecule has 0 saturated heterocycles. The number of benzene rings is 1. The lowest BCUT2D eigenvalue weighted by molar-refractivity contribution is 0.596. The van der Waals surface area contributed by atoms with E-state index in [1.165, 1.54) is 6.07 Å². The highest BCUT2D eigenvalue weighted by Gasteiger charge is 2.04. The van der Waals surface area contributed by atoms with Crippen LogP contribution in [0.3, 0.4) is 0 Å². The zero-order valence-electron chi connectivity index (χ0n) is 11.3. The third-order valence-corrected chi connectivity index (χ3v) is 3.16. The number of halogens is 1. The number of nitrogens with two attached hydrogens (primary N) is 1. The SMILES string of the molecule is CCNC(=NCc1ccccc1F)NCCS(N)(=O)=O. The van der Waals surface area contributed by atoms with Crippen LogP contribution in [0.25, 0.3) is 0 Å². The lowest BCUT2D eigenvalue weighted by atomic mass is 10.2. The van der Waals surface area contributed by atoms with Crippen molar-refractivity contribution < 1.29 is 12.8 Å². The highest BCUT2D eigenvalue weighted by atomic mass is 32.2. The Morgan fingerprint density at radius 2 is 2.05 bits per heavy atom. The first-order valence-corrected chi connectivity index (χ1v) is 7.90. The van der Waals surface area contributed by atoms with Crippen LogP contribution in [0.1, 0.15) is 12.5 Å². The Labute approximate surface area is 118 Å². The van der Waals surface area contributed by atoms with Gasteiger partial charge in [-0.1, -0.05) is 18.2 Å². The Morgan fingerprint density at radius 3 is 2.65 bits per heavy atom. The number of nitrogens with zero attached hydrogens (tertiary/aromatic N) is 1. The fourth-order valence-electron chi connectivity index (χ4n) is 1.44. The van der Waals surface area contributed by atoms with Gasteiger partial charge in [0.2, 0.25) is 10.0 Å². The summed E-state index contributed by atoms with van der Waals surface area (Å²) in [7, 11) is -3.51. The lowest BCUT2D eigenvalue weighted by Gasteiger charge is -2.10. The Hall–Kier alpha value is -1.67. The predicted molar refractivity (Wildman–Crippen MR) is 77.2 cm³/mol. The summed E-state index contributed by atoms with van der Waals surface area (Å²) in [6.45, 7) is 2.79. The summed E-state index contributed by atoms with van der Waals surface area (Å²) in [4.78, 5) is 4.18. The van der Waals surface area contributed by atoms with Crippen LogP contribution >= 0.6 is 0 Å². The first-order valence-electron chi connectivity index (χ1n) is 6.18. The molecule has 20 heavy (non-hydrogen) atoms. The molecular weight excluding hydrogens is 283 g/mol. The van der Waals surface area contributed by atoms with Crippen LogP contribution in [-0.2, 0) is 16.6 Å². The minimum Gasteiger partial charge on any atom is -0.357 e. The van der Waals surface area contributed by atoms with Crippen LogP contribution in [0.15, 0.2) is 29.3 Å². The Morgan fingerprint density at radius 1 is 1.35 bits per heavy atom. The van der Waals surface area contributed by atoms with Crippen molar-refractivity contribution in [3.63, 3.8) is 0 Å². The van der Waals surface area contributed by atoms with Gasteiger partial charge >= 0.3 is 0 Å². The van der Waals surface area contributed by atoms with Crippen molar-refractivity contribution in [2.75, 3.05) is 18.8 Å². The van der Waals surface area contributed by atoms with Crippen molar-refractivity contribution in [1.29, 1.82) is 0 Å². The molecule has 0 aliphatic carbocycles. The van der Waals surface area contributed by atoms with Crippen molar-refractivity contribution in [1.82, 2.24) is 10.6 Å². The topological polar surface area (TPSA) is 96.6 Å². The standard InChI is InChI=1S/C12H19FN4O2S/c1-2-15-12(16-7-8-20(14,18)19)17-9-10-5-3-4-6-11(10)13/h3-6H,2,7-9H2,1H3,(H2,14,18,19)(H2,15,16,17). The van der Waals surface area contributed by atoms with Crippen molar-refractivity contribution in [2.24, 2.45) is 10.1 Å². The monoisotopic (exact) mass is 302 g/mol. The van der Waals surface area contributed by atoms with E-state index in [-0.39, 0.29) is 24.7 Å². The molecule has 1 rings (SSSR count). The second kappa shape index (κ2) is 7.81. The van der Waals surface area contributed by atoms with Crippen LogP contribution in [0, 0.1) is 5.82 Å². The van der Waals surface area contributed by atoms with E-state index in [9.17, 15) is 12.8 Å². The minimum absolute atomic E-state index is 0.141. The molecule has 0 saturated carbocycles. The normalized spacial score (nSPS) is 12.2. The summed E-state index contributed by atoms with van der Waals surface area (Å²) in [5.74, 6) is -0.104. The van der Waals surface area contributed by atoms with Crippen LogP contribution in [-0.4, -0.2) is 33.2 Å². The molecule has 0 bridgehead atoms. The minimum atomic E-state index is -3.51. The summed E-state index contributed by atoms with van der Waals surface area (Å²) in [5, 5.41) is 10.7. The van der Waals surface area contributed by atoms with Gasteiger partial charge in [0, 0.05) is 18.7 Å². The molecular formula is C12H19FN4O2S. The van der Waals surface area contributed by atoms with Crippen LogP contribution in [0.4, 0.5) is 4.39 Å². The first kappa shape index (κ1) is 16.4. The zero-order valence-corrected chi connectivity index (χ0v) is 12.1. The number of guanidine groups is 1. The van der Waals surface area contributed by atoms with E-state index in [1.54, 1.807) is 18.2 Å². The number of sulfonamides is 1. The van der Waals surface area contributed by atoms with E-state index in [0.29, 0.717) is 18.1 Å². The quantitative estimate of drug-likeness (QED) is 0.515. The fourth-order valence-corrected chi connectivity index (χ4v) is 1.83. The maximum atomic E-state index is 13.4. The highest BCUT2D eigenvalue weighted by molar-refractivity contribution is 7.89. The van der Waals surface area contributed by atoms with E-state index in [0.717, 1.165) is 0 Å². The summed E-state index contributed by atoms with van der Waals surface area (Å²) < 4.78 is 35.1. The number of hydrogen-bond donors (Lipinski definition) is 3. The number of primary sulfonamides is 1. The molecule has 0 radical (unpaired) electrons. The molecule has 0 aromatic heterocycles. The summed E-state index contributed by atoms with van der Waals surface area (Å²) in [6.07, 6.45) is 0. The van der Waals surface area contributed by atoms with Gasteiger partial charge in [0.25, 0.3) is 0 Å². The molecule has 1 aromatic rings. The average molecular weight is 302 g/mol. The van der Waals surface area contributed by atoms with Gasteiger partial charge in [-0.15, -0.1) is 0 Å². The zero-order chi connectivity index (χ0) is 15.0. The van der Waals surface area contributed by atoms with Crippen molar-refractivity contribution in [2.45, 2.75) is 13.5 Å². The van der Waals surface area contributed by atoms with Crippen molar-refractivity contribution in [3.05, 3.63) is 35.6 Å². The predicted octanol–water partition coefficient (Wildman–Crippen LogP) is 0.169. The molecule has 0 fully saturated rings. The third-order valence-electron chi connectivity index (χ3n) is 2.39. The summed E-state index contributed by atoms with van der Waals surface area (Å²) in [5.41, 5.74) is 0.469. The molecule has 6 nitrogen and oxygen atoms in total. The molecule has 0 aliphatic rings. The van der Waals surface area contributed by atoms with Gasteiger partial charge in [-0.05, 0) is 13.0 Å². The Balaban J connectivity index is 2.61. The smallest absolute Gasteiger partial charge is 0.210 e. The number of rotatable bonds is 6. The van der Waals surface area contributed by atoms with Gasteiger partial charge in [-0.3, -0.25) is 0 Å². The van der Waals surface area contributed by atoms with E-state index >= 15 is 0 Å². The molecule has 1 aromatic carbocycles. The maximum absolute atomic E-state index is 13.4. The average Bonchev–Trinajstić information content (AvgIpc) is 2.36. The van der Waals surface area contributed by atoms with E-state index < -0.39 is 10.0 Å². The second-order valence-electron chi connectivity index (χ2n) is 4.08. The lowest BCUT2D eigenvalue weighted by Crippen LogP contribution is -2.40. The van der Waals surface area contributed by atoms with Crippen molar-refractivity contribution >= 4 is 16.0 Å². The first-order chi connectivity index (χ1) is 9.42. The van der Waals surface area contributed by atoms with Gasteiger partial charge in [0.15, 0.2) is 5.96 Å². The van der Waals surface area contributed by atoms with Crippen LogP contribution < -0.4 is 15.8 Å². The number of nitrogens with one attached hydrogen (secondary N) is 2. The molecule has 0 unspecified atom stereocenters. The Kier molecular flexibility index (Phi) is 6.40. The molecule has 112 valence electrons. The molecule has 8 heteroatoms. The largest absolute Gasteiger partial charge is 0.357 e. The van der Waals surface area contributed by atoms with Gasteiger partial charge in [0.05, 0.1) is 12.3 Å². The molecule has 0 aliphatic heterocycles. The molecule has 4 N–H and O–H groups in total. The molecule has 0 heterocycles. The third kappa shape index (κ3) is 6.48. The number of aliphatic imine (C=N–C) groups is 1. The Bertz CT molecular complexity index is 560. The van der Waals surface area contributed by atoms with E-state index in [1.807, 2.05) is 6.92 Å². The highest BCUT2D eigenvalue weighted by Crippen LogP contribution is 2.07. The van der Waals surface area contributed by atoms with Gasteiger partial charge in [-0.25, -0.2) is 22.9 Å². The summed E-state index contributed by atoms with van der Waals surface area (Å²) in [6, 6.07) is 6.35. The van der Waals surface area contributed by atoms with E-state index in [2.05, 4.69) is 15.6 Å². The summed E-state index contributed by atoms with van der Waals surface area (Å²) >= 11 is 0. The van der Waals surface area contributed by atoms with Gasteiger partial charge < -0.3 is 10.6 Å². The second-order valence-corrected chi connectivity index (χ2v) is 5.81. The number of hydrogen-bond acceptors (Lipinski definition) is 3. The van der Waals surface area contributed by atoms with Gasteiger partial charge in [-0.2, -0.15) is 0 Å². The van der Waals surface area contributed by atoms with Crippen molar-refractivity contribution in [3.8, 4) is 0 Å². The van der Waals surface area contributed by atoms with Gasteiger partial charge in [0.1, 0.15) is 5.82 Å². The molecule has 0 amide bonds. The van der Waals surface area contributed by atoms with Crippen LogP contribution in [0.5, 0.6) is 0 Å². The fraction of sp³-hybridized carbons (Fsp3) is 0.417. The maximum Gasteiger partial charge on any atom is 0.210 e. The molecule has 0 spiro atoms.